The highest BCUT2D eigenvalue weighted by atomic mass is 16.4. The van der Waals surface area contributed by atoms with Gasteiger partial charge in [-0.2, -0.15) is 0 Å². The quantitative estimate of drug-likeness (QED) is 0.151. The number of Topliss-reactive ketones (excluding diaryl/α,β-unsaturated/α-hetero) is 1. The van der Waals surface area contributed by atoms with Gasteiger partial charge >= 0.3 is 0 Å². The van der Waals surface area contributed by atoms with Crippen LogP contribution in [0.4, 0.5) is 0 Å². The summed E-state index contributed by atoms with van der Waals surface area (Å²) in [6, 6.07) is 0. The van der Waals surface area contributed by atoms with Gasteiger partial charge in [-0.25, -0.2) is 5.84 Å². The van der Waals surface area contributed by atoms with Gasteiger partial charge in [-0.05, 0) is 0 Å². The average Bonchev–Trinajstić information content (AvgIpc) is 2.23. The number of carbonyl (C=O) groups excluding carboxylic acids is 2. The van der Waals surface area contributed by atoms with Crippen molar-refractivity contribution in [2.24, 2.45) is 5.84 Å². The van der Waals surface area contributed by atoms with E-state index in [1.54, 1.807) is 0 Å². The Hall–Kier alpha value is -1.06. The summed E-state index contributed by atoms with van der Waals surface area (Å²) in [7, 11) is 0. The molecule has 0 bridgehead atoms. The lowest BCUT2D eigenvalue weighted by Gasteiger charge is -2.19. The standard InChI is InChI=1S/C6H12N2O6/c7-8-6(14)5(13)4(12)3(11)2(10)1-9/h3-5,9,11-13H,1,7H2,(H,8,14)/t3-,4+,5-/m1/s1. The molecule has 14 heavy (non-hydrogen) atoms. The third-order valence-corrected chi connectivity index (χ3v) is 1.54. The summed E-state index contributed by atoms with van der Waals surface area (Å²) >= 11 is 0. The maximum absolute atomic E-state index is 10.6. The van der Waals surface area contributed by atoms with E-state index in [9.17, 15) is 9.59 Å². The van der Waals surface area contributed by atoms with Crippen LogP contribution >= 0.6 is 0 Å². The molecule has 0 aromatic heterocycles. The lowest BCUT2D eigenvalue weighted by Crippen LogP contribution is -2.51. The van der Waals surface area contributed by atoms with Crippen LogP contribution in [0.25, 0.3) is 0 Å². The van der Waals surface area contributed by atoms with Crippen molar-refractivity contribution >= 4 is 11.7 Å². The lowest BCUT2D eigenvalue weighted by molar-refractivity contribution is -0.149. The molecule has 82 valence electrons. The molecule has 0 aliphatic heterocycles. The molecule has 8 nitrogen and oxygen atoms in total. The minimum Gasteiger partial charge on any atom is -0.388 e. The first-order valence-electron chi connectivity index (χ1n) is 3.64. The number of hydrogen-bond donors (Lipinski definition) is 6. The number of nitrogens with one attached hydrogen (secondary N) is 1. The van der Waals surface area contributed by atoms with Crippen LogP contribution in [-0.2, 0) is 9.59 Å². The fraction of sp³-hybridized carbons (Fsp3) is 0.667. The fourth-order valence-electron chi connectivity index (χ4n) is 0.697. The molecule has 0 spiro atoms. The second-order valence-corrected chi connectivity index (χ2v) is 2.51. The van der Waals surface area contributed by atoms with E-state index in [1.165, 1.54) is 5.43 Å². The number of carbonyl (C=O) groups is 2. The van der Waals surface area contributed by atoms with Crippen LogP contribution in [0.3, 0.4) is 0 Å². The summed E-state index contributed by atoms with van der Waals surface area (Å²) in [5.41, 5.74) is 1.52. The molecule has 0 radical (unpaired) electrons. The van der Waals surface area contributed by atoms with Gasteiger partial charge in [0.2, 0.25) is 0 Å². The van der Waals surface area contributed by atoms with Gasteiger partial charge in [0.05, 0.1) is 0 Å². The van der Waals surface area contributed by atoms with Crippen LogP contribution in [-0.4, -0.2) is 57.0 Å². The molecular weight excluding hydrogens is 196 g/mol. The molecule has 0 aliphatic carbocycles. The SMILES string of the molecule is NNC(=O)[C@H](O)[C@@H](O)[C@H](O)C(=O)CO. The number of aliphatic hydroxyl groups is 4. The Morgan fingerprint density at radius 2 is 1.71 bits per heavy atom. The highest BCUT2D eigenvalue weighted by Gasteiger charge is 2.33. The second kappa shape index (κ2) is 5.62. The number of aliphatic hydroxyl groups excluding tert-OH is 4. The van der Waals surface area contributed by atoms with E-state index in [4.69, 9.17) is 20.4 Å². The van der Waals surface area contributed by atoms with Gasteiger partial charge in [-0.1, -0.05) is 0 Å². The van der Waals surface area contributed by atoms with Crippen molar-refractivity contribution in [1.82, 2.24) is 5.43 Å². The monoisotopic (exact) mass is 208 g/mol. The van der Waals surface area contributed by atoms with Crippen molar-refractivity contribution in [2.75, 3.05) is 6.61 Å². The first kappa shape index (κ1) is 12.9. The summed E-state index contributed by atoms with van der Waals surface area (Å²) in [5.74, 6) is 2.37. The number of hydrogen-bond acceptors (Lipinski definition) is 7. The summed E-state index contributed by atoms with van der Waals surface area (Å²) in [6.45, 7) is -1.00. The third-order valence-electron chi connectivity index (χ3n) is 1.54. The second-order valence-electron chi connectivity index (χ2n) is 2.51. The Labute approximate surface area is 78.9 Å². The topological polar surface area (TPSA) is 153 Å². The summed E-state index contributed by atoms with van der Waals surface area (Å²) in [6.07, 6.45) is -6.10. The maximum atomic E-state index is 10.6. The number of nitrogens with two attached hydrogens (primary N) is 1. The van der Waals surface area contributed by atoms with Gasteiger partial charge in [0.25, 0.3) is 5.91 Å². The Morgan fingerprint density at radius 1 is 1.21 bits per heavy atom. The predicted molar refractivity (Wildman–Crippen MR) is 42.4 cm³/mol. The first-order chi connectivity index (χ1) is 6.45. The van der Waals surface area contributed by atoms with E-state index < -0.39 is 36.6 Å². The van der Waals surface area contributed by atoms with E-state index >= 15 is 0 Å². The summed E-state index contributed by atoms with van der Waals surface area (Å²) < 4.78 is 0. The molecular formula is C6H12N2O6. The highest BCUT2D eigenvalue weighted by molar-refractivity contribution is 5.87. The minimum atomic E-state index is -2.04. The Kier molecular flexibility index (Phi) is 5.20. The molecule has 0 aromatic rings. The van der Waals surface area contributed by atoms with E-state index in [1.807, 2.05) is 0 Å². The Balaban J connectivity index is 4.37. The number of rotatable bonds is 5. The van der Waals surface area contributed by atoms with Crippen molar-refractivity contribution in [3.05, 3.63) is 0 Å². The molecule has 7 N–H and O–H groups in total. The molecule has 0 fully saturated rings. The van der Waals surface area contributed by atoms with Gasteiger partial charge in [0, 0.05) is 0 Å². The van der Waals surface area contributed by atoms with Gasteiger partial charge in [0.1, 0.15) is 18.8 Å². The number of amides is 1. The fourth-order valence-corrected chi connectivity index (χ4v) is 0.697. The zero-order chi connectivity index (χ0) is 11.3. The Morgan fingerprint density at radius 3 is 2.07 bits per heavy atom. The minimum absolute atomic E-state index is 1.00. The van der Waals surface area contributed by atoms with Crippen molar-refractivity contribution < 1.29 is 30.0 Å². The van der Waals surface area contributed by atoms with E-state index in [-0.39, 0.29) is 0 Å². The molecule has 8 heteroatoms. The van der Waals surface area contributed by atoms with E-state index in [0.717, 1.165) is 0 Å². The molecule has 1 amide bonds. The molecule has 0 aliphatic rings. The maximum Gasteiger partial charge on any atom is 0.265 e. The molecule has 0 saturated carbocycles. The normalized spacial score (nSPS) is 16.9. The zero-order valence-electron chi connectivity index (χ0n) is 7.12. The highest BCUT2D eigenvalue weighted by Crippen LogP contribution is 2.01. The summed E-state index contributed by atoms with van der Waals surface area (Å²) in [5, 5.41) is 35.3. The zero-order valence-corrected chi connectivity index (χ0v) is 7.12. The van der Waals surface area contributed by atoms with Gasteiger partial charge in [-0.3, -0.25) is 15.0 Å². The first-order valence-corrected chi connectivity index (χ1v) is 3.64. The third kappa shape index (κ3) is 3.01. The smallest absolute Gasteiger partial charge is 0.265 e. The van der Waals surface area contributed by atoms with Crippen LogP contribution in [0.1, 0.15) is 0 Å². The van der Waals surface area contributed by atoms with E-state index in [0.29, 0.717) is 0 Å². The predicted octanol–water partition coefficient (Wildman–Crippen LogP) is -4.38. The number of ketones is 1. The molecule has 0 rings (SSSR count). The molecule has 0 heterocycles. The van der Waals surface area contributed by atoms with Crippen molar-refractivity contribution in [3.8, 4) is 0 Å². The molecule has 0 saturated heterocycles. The van der Waals surface area contributed by atoms with Crippen LogP contribution in [0, 0.1) is 0 Å². The molecule has 0 aromatic carbocycles. The average molecular weight is 208 g/mol. The number of hydrazine groups is 1. The van der Waals surface area contributed by atoms with Gasteiger partial charge in [-0.15, -0.1) is 0 Å². The van der Waals surface area contributed by atoms with Crippen molar-refractivity contribution in [1.29, 1.82) is 0 Å². The van der Waals surface area contributed by atoms with Crippen LogP contribution in [0.15, 0.2) is 0 Å². The van der Waals surface area contributed by atoms with Crippen molar-refractivity contribution in [3.63, 3.8) is 0 Å². The van der Waals surface area contributed by atoms with Crippen LogP contribution in [0.2, 0.25) is 0 Å². The summed E-state index contributed by atoms with van der Waals surface area (Å²) in [4.78, 5) is 21.3. The lowest BCUT2D eigenvalue weighted by atomic mass is 10.0. The van der Waals surface area contributed by atoms with Crippen LogP contribution in [0.5, 0.6) is 0 Å². The van der Waals surface area contributed by atoms with Gasteiger partial charge in [0.15, 0.2) is 11.9 Å². The van der Waals surface area contributed by atoms with E-state index in [2.05, 4.69) is 5.84 Å². The van der Waals surface area contributed by atoms with Crippen LogP contribution < -0.4 is 11.3 Å². The largest absolute Gasteiger partial charge is 0.388 e. The Bertz CT molecular complexity index is 198. The molecule has 3 atom stereocenters. The van der Waals surface area contributed by atoms with Gasteiger partial charge < -0.3 is 20.4 Å². The molecule has 0 unspecified atom stereocenters. The van der Waals surface area contributed by atoms with Crippen molar-refractivity contribution in [2.45, 2.75) is 18.3 Å².